The number of hydrogen-bond donors (Lipinski definition) is 0. The van der Waals surface area contributed by atoms with Crippen molar-refractivity contribution in [2.45, 2.75) is 24.0 Å². The van der Waals surface area contributed by atoms with E-state index < -0.39 is 10.0 Å². The van der Waals surface area contributed by atoms with Gasteiger partial charge in [-0.15, -0.1) is 11.3 Å². The second-order valence-electron chi connectivity index (χ2n) is 4.32. The molecular weight excluding hydrogens is 256 g/mol. The lowest BCUT2D eigenvalue weighted by Gasteiger charge is -2.28. The van der Waals surface area contributed by atoms with E-state index in [-0.39, 0.29) is 4.21 Å². The molecule has 4 nitrogen and oxygen atoms in total. The SMILES string of the molecule is CC1CCN(S(=O)(=O)c2ccc(C#N)s2)CC1. The Balaban J connectivity index is 2.22. The molecule has 1 aromatic heterocycles. The normalized spacial score (nSPS) is 19.1. The van der Waals surface area contributed by atoms with Crippen LogP contribution in [0, 0.1) is 17.2 Å². The Bertz CT molecular complexity index is 534. The Morgan fingerprint density at radius 3 is 2.59 bits per heavy atom. The molecule has 0 N–H and O–H groups in total. The van der Waals surface area contributed by atoms with Gasteiger partial charge < -0.3 is 0 Å². The fraction of sp³-hybridized carbons (Fsp3) is 0.545. The molecule has 17 heavy (non-hydrogen) atoms. The molecule has 92 valence electrons. The van der Waals surface area contributed by atoms with Crippen LogP contribution in [0.3, 0.4) is 0 Å². The average Bonchev–Trinajstić information content (AvgIpc) is 2.78. The first kappa shape index (κ1) is 12.6. The molecule has 1 aliphatic heterocycles. The van der Waals surface area contributed by atoms with Crippen LogP contribution in [0.4, 0.5) is 0 Å². The van der Waals surface area contributed by atoms with E-state index in [1.165, 1.54) is 10.4 Å². The van der Waals surface area contributed by atoms with Crippen LogP contribution in [0.25, 0.3) is 0 Å². The van der Waals surface area contributed by atoms with Crippen LogP contribution in [0.5, 0.6) is 0 Å². The summed E-state index contributed by atoms with van der Waals surface area (Å²) in [5.74, 6) is 0.597. The van der Waals surface area contributed by atoms with Gasteiger partial charge in [-0.05, 0) is 30.9 Å². The first-order chi connectivity index (χ1) is 8.04. The zero-order chi connectivity index (χ0) is 12.5. The van der Waals surface area contributed by atoms with Crippen LogP contribution in [0.1, 0.15) is 24.6 Å². The highest BCUT2D eigenvalue weighted by Gasteiger charge is 2.29. The van der Waals surface area contributed by atoms with Crippen LogP contribution in [-0.2, 0) is 10.0 Å². The number of nitriles is 1. The summed E-state index contributed by atoms with van der Waals surface area (Å²) < 4.78 is 26.3. The highest BCUT2D eigenvalue weighted by molar-refractivity contribution is 7.91. The molecule has 2 rings (SSSR count). The van der Waals surface area contributed by atoms with Gasteiger partial charge in [-0.1, -0.05) is 6.92 Å². The third-order valence-electron chi connectivity index (χ3n) is 3.03. The summed E-state index contributed by atoms with van der Waals surface area (Å²) in [4.78, 5) is 0.439. The second-order valence-corrected chi connectivity index (χ2v) is 7.57. The Morgan fingerprint density at radius 1 is 1.41 bits per heavy atom. The molecule has 0 atom stereocenters. The van der Waals surface area contributed by atoms with Crippen molar-refractivity contribution in [3.63, 3.8) is 0 Å². The predicted octanol–water partition coefficient (Wildman–Crippen LogP) is 2.04. The highest BCUT2D eigenvalue weighted by Crippen LogP contribution is 2.27. The van der Waals surface area contributed by atoms with E-state index in [0.717, 1.165) is 24.2 Å². The lowest BCUT2D eigenvalue weighted by atomic mass is 10.0. The molecule has 1 fully saturated rings. The lowest BCUT2D eigenvalue weighted by Crippen LogP contribution is -2.37. The van der Waals surface area contributed by atoms with E-state index in [1.54, 1.807) is 6.07 Å². The smallest absolute Gasteiger partial charge is 0.206 e. The highest BCUT2D eigenvalue weighted by atomic mass is 32.2. The van der Waals surface area contributed by atoms with Gasteiger partial charge in [0.2, 0.25) is 0 Å². The Kier molecular flexibility index (Phi) is 3.52. The van der Waals surface area contributed by atoms with Crippen molar-refractivity contribution in [3.8, 4) is 6.07 Å². The van der Waals surface area contributed by atoms with E-state index in [1.807, 2.05) is 6.07 Å². The number of sulfonamides is 1. The molecule has 1 aromatic rings. The molecule has 6 heteroatoms. The van der Waals surface area contributed by atoms with Crippen molar-refractivity contribution >= 4 is 21.4 Å². The number of piperidine rings is 1. The van der Waals surface area contributed by atoms with E-state index in [2.05, 4.69) is 6.92 Å². The molecule has 0 amide bonds. The monoisotopic (exact) mass is 270 g/mol. The first-order valence-electron chi connectivity index (χ1n) is 5.54. The van der Waals surface area contributed by atoms with E-state index in [9.17, 15) is 8.42 Å². The molecule has 0 bridgehead atoms. The maximum atomic E-state index is 12.3. The molecule has 0 spiro atoms. The largest absolute Gasteiger partial charge is 0.252 e. The summed E-state index contributed by atoms with van der Waals surface area (Å²) in [6.45, 7) is 3.31. The first-order valence-corrected chi connectivity index (χ1v) is 7.80. The van der Waals surface area contributed by atoms with Crippen LogP contribution >= 0.6 is 11.3 Å². The lowest BCUT2D eigenvalue weighted by molar-refractivity contribution is 0.288. The fourth-order valence-corrected chi connectivity index (χ4v) is 4.60. The molecule has 1 aliphatic rings. The van der Waals surface area contributed by atoms with Crippen molar-refractivity contribution in [3.05, 3.63) is 17.0 Å². The number of rotatable bonds is 2. The van der Waals surface area contributed by atoms with Gasteiger partial charge in [0, 0.05) is 13.1 Å². The third-order valence-corrected chi connectivity index (χ3v) is 6.38. The Morgan fingerprint density at radius 2 is 2.06 bits per heavy atom. The molecular formula is C11H14N2O2S2. The van der Waals surface area contributed by atoms with Gasteiger partial charge in [0.1, 0.15) is 15.2 Å². The maximum Gasteiger partial charge on any atom is 0.252 e. The summed E-state index contributed by atoms with van der Waals surface area (Å²) in [6, 6.07) is 5.05. The fourth-order valence-electron chi connectivity index (χ4n) is 1.87. The Labute approximate surface area is 106 Å². The van der Waals surface area contributed by atoms with Gasteiger partial charge in [-0.25, -0.2) is 8.42 Å². The number of nitrogens with zero attached hydrogens (tertiary/aromatic N) is 2. The number of hydrogen-bond acceptors (Lipinski definition) is 4. The van der Waals surface area contributed by atoms with Gasteiger partial charge in [-0.2, -0.15) is 9.57 Å². The second kappa shape index (κ2) is 4.77. The predicted molar refractivity (Wildman–Crippen MR) is 66.2 cm³/mol. The molecule has 0 aromatic carbocycles. The summed E-state index contributed by atoms with van der Waals surface area (Å²) >= 11 is 1.04. The van der Waals surface area contributed by atoms with Gasteiger partial charge in [0.05, 0.1) is 0 Å². The van der Waals surface area contributed by atoms with Crippen molar-refractivity contribution in [2.75, 3.05) is 13.1 Å². The zero-order valence-corrected chi connectivity index (χ0v) is 11.2. The molecule has 0 radical (unpaired) electrons. The molecule has 0 saturated carbocycles. The van der Waals surface area contributed by atoms with Crippen molar-refractivity contribution in [2.24, 2.45) is 5.92 Å². The van der Waals surface area contributed by atoms with Crippen molar-refractivity contribution in [1.82, 2.24) is 4.31 Å². The minimum Gasteiger partial charge on any atom is -0.206 e. The summed E-state index contributed by atoms with van der Waals surface area (Å²) in [5.41, 5.74) is 0. The quantitative estimate of drug-likeness (QED) is 0.826. The summed E-state index contributed by atoms with van der Waals surface area (Å²) in [7, 11) is -3.37. The van der Waals surface area contributed by atoms with E-state index in [0.29, 0.717) is 23.9 Å². The molecule has 1 saturated heterocycles. The minimum atomic E-state index is -3.37. The third kappa shape index (κ3) is 2.51. The van der Waals surface area contributed by atoms with Gasteiger partial charge in [0.15, 0.2) is 0 Å². The van der Waals surface area contributed by atoms with Crippen molar-refractivity contribution < 1.29 is 8.42 Å². The molecule has 0 aliphatic carbocycles. The maximum absolute atomic E-state index is 12.3. The number of thiophene rings is 1. The van der Waals surface area contributed by atoms with E-state index >= 15 is 0 Å². The van der Waals surface area contributed by atoms with Gasteiger partial charge in [-0.3, -0.25) is 0 Å². The van der Waals surface area contributed by atoms with Crippen molar-refractivity contribution in [1.29, 1.82) is 5.26 Å². The minimum absolute atomic E-state index is 0.281. The van der Waals surface area contributed by atoms with Crippen LogP contribution < -0.4 is 0 Å². The standard InChI is InChI=1S/C11H14N2O2S2/c1-9-4-6-13(7-5-9)17(14,15)11-3-2-10(8-12)16-11/h2-3,9H,4-7H2,1H3. The van der Waals surface area contributed by atoms with Crippen LogP contribution in [-0.4, -0.2) is 25.8 Å². The molecule has 0 unspecified atom stereocenters. The average molecular weight is 270 g/mol. The summed E-state index contributed by atoms with van der Waals surface area (Å²) in [6.07, 6.45) is 1.82. The topological polar surface area (TPSA) is 61.2 Å². The van der Waals surface area contributed by atoms with Crippen LogP contribution in [0.15, 0.2) is 16.3 Å². The molecule has 2 heterocycles. The van der Waals surface area contributed by atoms with Gasteiger partial charge >= 0.3 is 0 Å². The zero-order valence-electron chi connectivity index (χ0n) is 9.59. The summed E-state index contributed by atoms with van der Waals surface area (Å²) in [5, 5.41) is 8.71. The van der Waals surface area contributed by atoms with Gasteiger partial charge in [0.25, 0.3) is 10.0 Å². The van der Waals surface area contributed by atoms with E-state index in [4.69, 9.17) is 5.26 Å². The van der Waals surface area contributed by atoms with Crippen LogP contribution in [0.2, 0.25) is 0 Å². The Hall–Kier alpha value is -0.900.